The summed E-state index contributed by atoms with van der Waals surface area (Å²) in [4.78, 5) is 12.1. The summed E-state index contributed by atoms with van der Waals surface area (Å²) < 4.78 is 0.766. The van der Waals surface area contributed by atoms with Gasteiger partial charge in [0.25, 0.3) is 5.91 Å². The minimum absolute atomic E-state index is 0.0174. The number of nitrogens with one attached hydrogen (secondary N) is 1. The number of phenols is 1. The van der Waals surface area contributed by atoms with E-state index in [0.29, 0.717) is 12.1 Å². The molecule has 0 unspecified atom stereocenters. The summed E-state index contributed by atoms with van der Waals surface area (Å²) >= 11 is 3.27. The topological polar surface area (TPSA) is 49.3 Å². The van der Waals surface area contributed by atoms with Crippen LogP contribution in [0.3, 0.4) is 0 Å². The van der Waals surface area contributed by atoms with E-state index < -0.39 is 0 Å². The maximum atomic E-state index is 12.1. The zero-order valence-corrected chi connectivity index (χ0v) is 12.8. The van der Waals surface area contributed by atoms with Gasteiger partial charge >= 0.3 is 0 Å². The highest BCUT2D eigenvalue weighted by atomic mass is 79.9. The molecule has 0 aromatic heterocycles. The quantitative estimate of drug-likeness (QED) is 0.883. The van der Waals surface area contributed by atoms with Crippen molar-refractivity contribution in [1.82, 2.24) is 5.32 Å². The minimum Gasteiger partial charge on any atom is -0.507 e. The summed E-state index contributed by atoms with van der Waals surface area (Å²) in [5.41, 5.74) is 0.605. The van der Waals surface area contributed by atoms with Crippen molar-refractivity contribution in [3.8, 4) is 5.75 Å². The van der Waals surface area contributed by atoms with Gasteiger partial charge in [0.1, 0.15) is 5.75 Å². The Hall–Kier alpha value is -1.03. The summed E-state index contributed by atoms with van der Waals surface area (Å²) in [6.07, 6.45) is 5.99. The number of carbonyl (C=O) groups is 1. The molecule has 104 valence electrons. The molecule has 1 saturated carbocycles. The molecule has 1 amide bonds. The number of halogens is 1. The molecule has 0 aliphatic heterocycles. The zero-order chi connectivity index (χ0) is 13.9. The van der Waals surface area contributed by atoms with Crippen molar-refractivity contribution in [2.45, 2.75) is 39.0 Å². The lowest BCUT2D eigenvalue weighted by atomic mass is 9.83. The normalized spacial score (nSPS) is 17.4. The van der Waals surface area contributed by atoms with Gasteiger partial charge in [0.15, 0.2) is 0 Å². The molecule has 1 aromatic carbocycles. The lowest BCUT2D eigenvalue weighted by Gasteiger charge is -2.27. The number of aromatic hydroxyl groups is 1. The minimum atomic E-state index is -0.190. The van der Waals surface area contributed by atoms with E-state index in [4.69, 9.17) is 0 Å². The first-order valence-corrected chi connectivity index (χ1v) is 7.62. The molecule has 0 bridgehead atoms. The standard InChI is InChI=1S/C15H20BrNO2/c1-2-15(7-3-4-8-15)10-17-14(19)12-6-5-11(16)9-13(12)18/h5-6,9,18H,2-4,7-8,10H2,1H3,(H,17,19). The Kier molecular flexibility index (Phi) is 4.50. The van der Waals surface area contributed by atoms with Gasteiger partial charge < -0.3 is 10.4 Å². The van der Waals surface area contributed by atoms with Crippen molar-refractivity contribution in [1.29, 1.82) is 0 Å². The molecule has 4 heteroatoms. The van der Waals surface area contributed by atoms with Crippen LogP contribution in [0.25, 0.3) is 0 Å². The molecule has 1 aliphatic rings. The largest absolute Gasteiger partial charge is 0.507 e. The SMILES string of the molecule is CCC1(CNC(=O)c2ccc(Br)cc2O)CCCC1. The van der Waals surface area contributed by atoms with Crippen molar-refractivity contribution < 1.29 is 9.90 Å². The van der Waals surface area contributed by atoms with Crippen LogP contribution < -0.4 is 5.32 Å². The van der Waals surface area contributed by atoms with Gasteiger partial charge in [-0.3, -0.25) is 4.79 Å². The Morgan fingerprint density at radius 3 is 2.68 bits per heavy atom. The highest BCUT2D eigenvalue weighted by Gasteiger charge is 2.32. The smallest absolute Gasteiger partial charge is 0.255 e. The second kappa shape index (κ2) is 5.95. The second-order valence-corrected chi connectivity index (χ2v) is 6.32. The monoisotopic (exact) mass is 325 g/mol. The summed E-state index contributed by atoms with van der Waals surface area (Å²) in [7, 11) is 0. The van der Waals surface area contributed by atoms with E-state index in [1.54, 1.807) is 18.2 Å². The van der Waals surface area contributed by atoms with Crippen LogP contribution in [0.4, 0.5) is 0 Å². The lowest BCUT2D eigenvalue weighted by Crippen LogP contribution is -2.35. The van der Waals surface area contributed by atoms with E-state index in [1.807, 2.05) is 0 Å². The van der Waals surface area contributed by atoms with Crippen LogP contribution in [0.1, 0.15) is 49.4 Å². The first-order chi connectivity index (χ1) is 9.06. The van der Waals surface area contributed by atoms with Gasteiger partial charge in [-0.1, -0.05) is 35.7 Å². The first-order valence-electron chi connectivity index (χ1n) is 6.83. The summed E-state index contributed by atoms with van der Waals surface area (Å²) in [5.74, 6) is -0.173. The summed E-state index contributed by atoms with van der Waals surface area (Å²) in [6.45, 7) is 2.90. The second-order valence-electron chi connectivity index (χ2n) is 5.40. The maximum absolute atomic E-state index is 12.1. The van der Waals surface area contributed by atoms with Crippen LogP contribution in [0.15, 0.2) is 22.7 Å². The zero-order valence-electron chi connectivity index (χ0n) is 11.2. The number of carbonyl (C=O) groups excluding carboxylic acids is 1. The molecule has 2 N–H and O–H groups in total. The van der Waals surface area contributed by atoms with Crippen LogP contribution in [-0.2, 0) is 0 Å². The number of hydrogen-bond donors (Lipinski definition) is 2. The van der Waals surface area contributed by atoms with Gasteiger partial charge in [0, 0.05) is 11.0 Å². The third-order valence-corrected chi connectivity index (χ3v) is 4.74. The fraction of sp³-hybridized carbons (Fsp3) is 0.533. The van der Waals surface area contributed by atoms with Gasteiger partial charge in [-0.05, 0) is 42.9 Å². The Labute approximate surface area is 122 Å². The Morgan fingerprint density at radius 2 is 2.11 bits per heavy atom. The van der Waals surface area contributed by atoms with Gasteiger partial charge in [-0.15, -0.1) is 0 Å². The summed E-state index contributed by atoms with van der Waals surface area (Å²) in [5, 5.41) is 12.8. The Balaban J connectivity index is 2.01. The fourth-order valence-corrected chi connectivity index (χ4v) is 3.19. The van der Waals surface area contributed by atoms with Crippen molar-refractivity contribution in [3.05, 3.63) is 28.2 Å². The van der Waals surface area contributed by atoms with E-state index in [1.165, 1.54) is 25.7 Å². The molecule has 1 aromatic rings. The van der Waals surface area contributed by atoms with Gasteiger partial charge in [0.2, 0.25) is 0 Å². The third kappa shape index (κ3) is 3.30. The molecule has 0 radical (unpaired) electrons. The van der Waals surface area contributed by atoms with Gasteiger partial charge in [-0.25, -0.2) is 0 Å². The third-order valence-electron chi connectivity index (χ3n) is 4.24. The van der Waals surface area contributed by atoms with Crippen molar-refractivity contribution in [3.63, 3.8) is 0 Å². The van der Waals surface area contributed by atoms with E-state index in [-0.39, 0.29) is 17.1 Å². The highest BCUT2D eigenvalue weighted by molar-refractivity contribution is 9.10. The molecule has 0 saturated heterocycles. The number of phenolic OH excluding ortho intramolecular Hbond substituents is 1. The molecule has 1 fully saturated rings. The molecule has 1 aliphatic carbocycles. The van der Waals surface area contributed by atoms with Gasteiger partial charge in [-0.2, -0.15) is 0 Å². The average molecular weight is 326 g/mol. The first kappa shape index (κ1) is 14.4. The fourth-order valence-electron chi connectivity index (χ4n) is 2.84. The van der Waals surface area contributed by atoms with Gasteiger partial charge in [0.05, 0.1) is 5.56 Å². The molecule has 3 nitrogen and oxygen atoms in total. The Bertz CT molecular complexity index is 467. The number of rotatable bonds is 4. The molecule has 0 heterocycles. The number of hydrogen-bond acceptors (Lipinski definition) is 2. The highest BCUT2D eigenvalue weighted by Crippen LogP contribution is 2.40. The van der Waals surface area contributed by atoms with Crippen molar-refractivity contribution in [2.75, 3.05) is 6.54 Å². The Morgan fingerprint density at radius 1 is 1.42 bits per heavy atom. The van der Waals surface area contributed by atoms with Crippen LogP contribution in [0.2, 0.25) is 0 Å². The van der Waals surface area contributed by atoms with Crippen LogP contribution in [-0.4, -0.2) is 17.6 Å². The van der Waals surface area contributed by atoms with E-state index in [9.17, 15) is 9.90 Å². The molecular formula is C15H20BrNO2. The predicted molar refractivity (Wildman–Crippen MR) is 79.3 cm³/mol. The molecule has 19 heavy (non-hydrogen) atoms. The molecule has 2 rings (SSSR count). The van der Waals surface area contributed by atoms with Crippen molar-refractivity contribution in [2.24, 2.45) is 5.41 Å². The summed E-state index contributed by atoms with van der Waals surface area (Å²) in [6, 6.07) is 4.95. The maximum Gasteiger partial charge on any atom is 0.255 e. The molecule has 0 atom stereocenters. The number of amides is 1. The van der Waals surface area contributed by atoms with Crippen molar-refractivity contribution >= 4 is 21.8 Å². The average Bonchev–Trinajstić information content (AvgIpc) is 2.85. The molecular weight excluding hydrogens is 306 g/mol. The molecule has 0 spiro atoms. The number of benzene rings is 1. The van der Waals surface area contributed by atoms with Crippen LogP contribution in [0.5, 0.6) is 5.75 Å². The predicted octanol–water partition coefficient (Wildman–Crippen LogP) is 3.85. The van der Waals surface area contributed by atoms with Crippen LogP contribution >= 0.6 is 15.9 Å². The lowest BCUT2D eigenvalue weighted by molar-refractivity contribution is 0.0926. The van der Waals surface area contributed by atoms with E-state index >= 15 is 0 Å². The van der Waals surface area contributed by atoms with E-state index in [0.717, 1.165) is 10.9 Å². The van der Waals surface area contributed by atoms with E-state index in [2.05, 4.69) is 28.2 Å². The van der Waals surface area contributed by atoms with Crippen LogP contribution in [0, 0.1) is 5.41 Å².